The van der Waals surface area contributed by atoms with E-state index in [4.69, 9.17) is 4.99 Å². The third kappa shape index (κ3) is 7.19. The highest BCUT2D eigenvalue weighted by atomic mass is 32.2. The van der Waals surface area contributed by atoms with Crippen molar-refractivity contribution >= 4 is 34.3 Å². The zero-order chi connectivity index (χ0) is 18.9. The van der Waals surface area contributed by atoms with Crippen LogP contribution in [0.5, 0.6) is 0 Å². The Bertz CT molecular complexity index is 777. The first-order valence-corrected chi connectivity index (χ1v) is 11.4. The summed E-state index contributed by atoms with van der Waals surface area (Å²) in [6.07, 6.45) is 8.85. The minimum atomic E-state index is -0.200. The fraction of sp³-hybridized carbons (Fsp3) is 0.348. The highest BCUT2D eigenvalue weighted by Gasteiger charge is 2.14. The molecule has 0 atom stereocenters. The topological polar surface area (TPSA) is 12.4 Å². The average molecular weight is 400 g/mol. The Morgan fingerprint density at radius 2 is 1.89 bits per heavy atom. The van der Waals surface area contributed by atoms with Gasteiger partial charge in [-0.3, -0.25) is 0 Å². The molecule has 0 radical (unpaired) electrons. The zero-order valence-electron chi connectivity index (χ0n) is 15.7. The van der Waals surface area contributed by atoms with Gasteiger partial charge < -0.3 is 0 Å². The molecule has 0 amide bonds. The summed E-state index contributed by atoms with van der Waals surface area (Å²) < 4.78 is 13.3. The van der Waals surface area contributed by atoms with Gasteiger partial charge >= 0.3 is 0 Å². The van der Waals surface area contributed by atoms with Crippen LogP contribution < -0.4 is 0 Å². The van der Waals surface area contributed by atoms with Gasteiger partial charge in [-0.1, -0.05) is 54.8 Å². The Morgan fingerprint density at radius 1 is 1.11 bits per heavy atom. The van der Waals surface area contributed by atoms with Crippen LogP contribution in [0, 0.1) is 18.7 Å². The van der Waals surface area contributed by atoms with Gasteiger partial charge in [0.15, 0.2) is 0 Å². The van der Waals surface area contributed by atoms with Crippen LogP contribution in [0.15, 0.2) is 69.9 Å². The molecule has 2 aromatic carbocycles. The third-order valence-electron chi connectivity index (χ3n) is 4.68. The molecule has 2 aromatic rings. The smallest absolute Gasteiger partial charge is 0.124 e. The molecule has 27 heavy (non-hydrogen) atoms. The lowest BCUT2D eigenvalue weighted by atomic mass is 9.91. The van der Waals surface area contributed by atoms with Gasteiger partial charge in [-0.05, 0) is 67.5 Å². The molecule has 0 N–H and O–H groups in total. The van der Waals surface area contributed by atoms with E-state index in [1.165, 1.54) is 55.5 Å². The Kier molecular flexibility index (Phi) is 8.03. The van der Waals surface area contributed by atoms with E-state index in [0.29, 0.717) is 0 Å². The zero-order valence-corrected chi connectivity index (χ0v) is 17.4. The number of thioether (sulfide) groups is 2. The van der Waals surface area contributed by atoms with Crippen LogP contribution in [0.4, 0.5) is 10.1 Å². The lowest BCUT2D eigenvalue weighted by Gasteiger charge is -2.20. The van der Waals surface area contributed by atoms with Gasteiger partial charge in [0.05, 0.1) is 10.7 Å². The van der Waals surface area contributed by atoms with E-state index in [-0.39, 0.29) is 5.82 Å². The number of hydrogen-bond donors (Lipinski definition) is 0. The van der Waals surface area contributed by atoms with Crippen molar-refractivity contribution < 1.29 is 4.39 Å². The van der Waals surface area contributed by atoms with Crippen molar-refractivity contribution in [1.82, 2.24) is 0 Å². The molecule has 1 aliphatic carbocycles. The van der Waals surface area contributed by atoms with Crippen molar-refractivity contribution in [2.45, 2.75) is 43.9 Å². The maximum atomic E-state index is 13.3. The summed E-state index contributed by atoms with van der Waals surface area (Å²) in [5, 5.41) is 3.03. The summed E-state index contributed by atoms with van der Waals surface area (Å²) in [6.45, 7) is 2.09. The molecular weight excluding hydrogens is 373 g/mol. The number of aryl methyl sites for hydroxylation is 1. The molecular formula is C23H26FNS2. The fourth-order valence-electron chi connectivity index (χ4n) is 3.13. The second kappa shape index (κ2) is 10.7. The monoisotopic (exact) mass is 399 g/mol. The number of aliphatic imine (C=N–C) groups is 1. The van der Waals surface area contributed by atoms with Crippen LogP contribution in [0.3, 0.4) is 0 Å². The SMILES string of the molecule is Cc1ccc(N=C(C=CSc2cccc(F)c2)SCC2CCCCC2)cc1. The van der Waals surface area contributed by atoms with Crippen molar-refractivity contribution in [3.63, 3.8) is 0 Å². The van der Waals surface area contributed by atoms with Gasteiger partial charge in [0, 0.05) is 10.6 Å². The molecule has 1 aliphatic rings. The van der Waals surface area contributed by atoms with E-state index >= 15 is 0 Å². The standard InChI is InChI=1S/C23H26FNS2/c1-18-10-12-21(13-11-18)25-23(27-17-19-6-3-2-4-7-19)14-15-26-22-9-5-8-20(24)16-22/h5,8-16,19H,2-4,6-7,17H2,1H3. The predicted molar refractivity (Wildman–Crippen MR) is 119 cm³/mol. The molecule has 3 rings (SSSR count). The van der Waals surface area contributed by atoms with Gasteiger partial charge in [0.2, 0.25) is 0 Å². The number of benzene rings is 2. The largest absolute Gasteiger partial charge is 0.242 e. The molecule has 1 nitrogen and oxygen atoms in total. The van der Waals surface area contributed by atoms with Gasteiger partial charge in [0.25, 0.3) is 0 Å². The normalized spacial score (nSPS) is 16.1. The Hall–Kier alpha value is -1.52. The van der Waals surface area contributed by atoms with Gasteiger partial charge in [-0.2, -0.15) is 0 Å². The van der Waals surface area contributed by atoms with Crippen molar-refractivity contribution in [2.24, 2.45) is 10.9 Å². The Balaban J connectivity index is 1.67. The first-order valence-electron chi connectivity index (χ1n) is 9.56. The highest BCUT2D eigenvalue weighted by Crippen LogP contribution is 2.29. The summed E-state index contributed by atoms with van der Waals surface area (Å²) in [5.74, 6) is 1.73. The van der Waals surface area contributed by atoms with Crippen LogP contribution >= 0.6 is 23.5 Å². The highest BCUT2D eigenvalue weighted by molar-refractivity contribution is 8.14. The second-order valence-electron chi connectivity index (χ2n) is 6.98. The van der Waals surface area contributed by atoms with Crippen LogP contribution in [0.25, 0.3) is 0 Å². The molecule has 0 bridgehead atoms. The Morgan fingerprint density at radius 3 is 2.63 bits per heavy atom. The summed E-state index contributed by atoms with van der Waals surface area (Å²) in [6, 6.07) is 15.0. The molecule has 0 aliphatic heterocycles. The number of halogens is 1. The molecule has 0 heterocycles. The molecule has 1 fully saturated rings. The third-order valence-corrected chi connectivity index (χ3v) is 6.64. The molecule has 0 aromatic heterocycles. The van der Waals surface area contributed by atoms with E-state index in [1.807, 2.05) is 23.2 Å². The summed E-state index contributed by atoms with van der Waals surface area (Å²) in [7, 11) is 0. The molecule has 4 heteroatoms. The van der Waals surface area contributed by atoms with Crippen LogP contribution in [0.2, 0.25) is 0 Å². The van der Waals surface area contributed by atoms with Crippen molar-refractivity contribution in [2.75, 3.05) is 5.75 Å². The van der Waals surface area contributed by atoms with Crippen LogP contribution in [0.1, 0.15) is 37.7 Å². The molecule has 142 valence electrons. The van der Waals surface area contributed by atoms with Crippen molar-refractivity contribution in [3.8, 4) is 0 Å². The molecule has 0 spiro atoms. The lowest BCUT2D eigenvalue weighted by molar-refractivity contribution is 0.391. The van der Waals surface area contributed by atoms with Crippen LogP contribution in [-0.2, 0) is 0 Å². The first kappa shape index (κ1) is 20.2. The quantitative estimate of drug-likeness (QED) is 0.279. The minimum absolute atomic E-state index is 0.200. The molecule has 1 saturated carbocycles. The van der Waals surface area contributed by atoms with E-state index in [2.05, 4.69) is 37.3 Å². The number of rotatable bonds is 6. The Labute approximate surface area is 170 Å². The maximum absolute atomic E-state index is 13.3. The maximum Gasteiger partial charge on any atom is 0.124 e. The minimum Gasteiger partial charge on any atom is -0.242 e. The van der Waals surface area contributed by atoms with Crippen molar-refractivity contribution in [1.29, 1.82) is 0 Å². The number of nitrogens with zero attached hydrogens (tertiary/aromatic N) is 1. The van der Waals surface area contributed by atoms with Crippen molar-refractivity contribution in [3.05, 3.63) is 71.4 Å². The average Bonchev–Trinajstić information content (AvgIpc) is 2.68. The molecule has 0 saturated heterocycles. The summed E-state index contributed by atoms with van der Waals surface area (Å²) >= 11 is 3.36. The number of hydrogen-bond acceptors (Lipinski definition) is 3. The molecule has 0 unspecified atom stereocenters. The predicted octanol–water partition coefficient (Wildman–Crippen LogP) is 7.78. The summed E-state index contributed by atoms with van der Waals surface area (Å²) in [4.78, 5) is 5.74. The lowest BCUT2D eigenvalue weighted by Crippen LogP contribution is -2.09. The van der Waals surface area contributed by atoms with Gasteiger partial charge in [0.1, 0.15) is 5.82 Å². The van der Waals surface area contributed by atoms with Gasteiger partial charge in [-0.25, -0.2) is 9.38 Å². The van der Waals surface area contributed by atoms with Gasteiger partial charge in [-0.15, -0.1) is 11.8 Å². The van der Waals surface area contributed by atoms with E-state index in [9.17, 15) is 4.39 Å². The van der Waals surface area contributed by atoms with E-state index in [0.717, 1.165) is 27.3 Å². The van der Waals surface area contributed by atoms with E-state index < -0.39 is 0 Å². The summed E-state index contributed by atoms with van der Waals surface area (Å²) in [5.41, 5.74) is 2.22. The fourth-order valence-corrected chi connectivity index (χ4v) is 4.98. The second-order valence-corrected chi connectivity index (χ2v) is 9.00. The van der Waals surface area contributed by atoms with Crippen LogP contribution in [-0.4, -0.2) is 10.8 Å². The van der Waals surface area contributed by atoms with E-state index in [1.54, 1.807) is 12.1 Å². The first-order chi connectivity index (χ1) is 13.2.